The zero-order chi connectivity index (χ0) is 27.1. The number of anilines is 1. The van der Waals surface area contributed by atoms with Crippen LogP contribution in [-0.2, 0) is 9.59 Å². The van der Waals surface area contributed by atoms with Crippen LogP contribution in [0.1, 0.15) is 48.2 Å². The van der Waals surface area contributed by atoms with E-state index in [0.717, 1.165) is 50.3 Å². The van der Waals surface area contributed by atoms with Crippen LogP contribution < -0.4 is 16.0 Å². The van der Waals surface area contributed by atoms with Gasteiger partial charge >= 0.3 is 0 Å². The minimum absolute atomic E-state index is 0.0920. The highest BCUT2D eigenvalue weighted by Gasteiger charge is 2.31. The zero-order valence-corrected chi connectivity index (χ0v) is 20.9. The van der Waals surface area contributed by atoms with Gasteiger partial charge in [0.1, 0.15) is 23.4 Å². The molecule has 0 aliphatic heterocycles. The van der Waals surface area contributed by atoms with E-state index in [2.05, 4.69) is 16.0 Å². The molecule has 1 aliphatic rings. The highest BCUT2D eigenvalue weighted by atomic mass is 19.1. The average molecular weight is 522 g/mol. The zero-order valence-electron chi connectivity index (χ0n) is 20.9. The summed E-state index contributed by atoms with van der Waals surface area (Å²) >= 11 is 0. The maximum absolute atomic E-state index is 13.7. The van der Waals surface area contributed by atoms with E-state index in [0.29, 0.717) is 17.0 Å². The van der Waals surface area contributed by atoms with Crippen molar-refractivity contribution in [3.63, 3.8) is 0 Å². The van der Waals surface area contributed by atoms with Crippen LogP contribution in [0.25, 0.3) is 17.4 Å². The van der Waals surface area contributed by atoms with Crippen molar-refractivity contribution < 1.29 is 27.6 Å². The second-order valence-corrected chi connectivity index (χ2v) is 9.19. The van der Waals surface area contributed by atoms with E-state index in [1.54, 1.807) is 43.4 Å². The lowest BCUT2D eigenvalue weighted by Gasteiger charge is -2.29. The van der Waals surface area contributed by atoms with Crippen molar-refractivity contribution in [2.45, 2.75) is 38.1 Å². The van der Waals surface area contributed by atoms with E-state index in [1.165, 1.54) is 12.1 Å². The van der Waals surface area contributed by atoms with Crippen molar-refractivity contribution in [3.8, 4) is 11.3 Å². The smallest absolute Gasteiger partial charge is 0.287 e. The molecule has 1 aliphatic carbocycles. The molecule has 1 saturated carbocycles. The quantitative estimate of drug-likeness (QED) is 0.350. The van der Waals surface area contributed by atoms with Crippen LogP contribution >= 0.6 is 0 Å². The van der Waals surface area contributed by atoms with E-state index < -0.39 is 29.5 Å². The molecule has 0 unspecified atom stereocenters. The minimum atomic E-state index is -0.761. The number of halogens is 2. The first-order valence-electron chi connectivity index (χ1n) is 12.5. The predicted molar refractivity (Wildman–Crippen MR) is 140 cm³/mol. The summed E-state index contributed by atoms with van der Waals surface area (Å²) in [6, 6.07) is 12.5. The van der Waals surface area contributed by atoms with Gasteiger partial charge in [0.05, 0.1) is 0 Å². The molecule has 198 valence electrons. The number of rotatable bonds is 8. The van der Waals surface area contributed by atoms with Crippen molar-refractivity contribution in [1.82, 2.24) is 10.6 Å². The molecular formula is C29H29F2N3O4. The number of amides is 3. The summed E-state index contributed by atoms with van der Waals surface area (Å²) < 4.78 is 32.5. The summed E-state index contributed by atoms with van der Waals surface area (Å²) in [5, 5.41) is 8.14. The molecular weight excluding hydrogens is 492 g/mol. The van der Waals surface area contributed by atoms with E-state index in [4.69, 9.17) is 4.42 Å². The standard InChI is InChI=1S/C29H29F2N3O4/c1-32-29(37)27(20-5-3-2-4-6-20)34-28(36)25-15-14-24(38-25)19-8-12-22(13-9-19)33-26(35)16-10-18-7-11-21(30)17-23(18)31/h7-17,20,27H,2-6H2,1H3,(H,32,37)(H,33,35)(H,34,36)/b16-10+/t27-/m0/s1. The summed E-state index contributed by atoms with van der Waals surface area (Å²) in [6.07, 6.45) is 7.42. The number of nitrogens with one attached hydrogen (secondary N) is 3. The molecule has 1 heterocycles. The Labute approximate surface area is 219 Å². The Morgan fingerprint density at radius 3 is 2.39 bits per heavy atom. The number of hydrogen-bond donors (Lipinski definition) is 3. The third-order valence-electron chi connectivity index (χ3n) is 6.58. The highest BCUT2D eigenvalue weighted by molar-refractivity contribution is 6.02. The maximum Gasteiger partial charge on any atom is 0.287 e. The van der Waals surface area contributed by atoms with E-state index in [1.807, 2.05) is 0 Å². The minimum Gasteiger partial charge on any atom is -0.451 e. The molecule has 4 rings (SSSR count). The lowest BCUT2D eigenvalue weighted by molar-refractivity contribution is -0.124. The molecule has 1 atom stereocenters. The van der Waals surface area contributed by atoms with Crippen molar-refractivity contribution in [1.29, 1.82) is 0 Å². The molecule has 3 aromatic rings. The molecule has 9 heteroatoms. The van der Waals surface area contributed by atoms with Gasteiger partial charge in [-0.25, -0.2) is 8.78 Å². The summed E-state index contributed by atoms with van der Waals surface area (Å²) in [5.74, 6) is -1.97. The second-order valence-electron chi connectivity index (χ2n) is 9.19. The monoisotopic (exact) mass is 521 g/mol. The molecule has 7 nitrogen and oxygen atoms in total. The molecule has 0 saturated heterocycles. The number of carbonyl (C=O) groups excluding carboxylic acids is 3. The molecule has 0 spiro atoms. The number of benzene rings is 2. The van der Waals surface area contributed by atoms with Crippen LogP contribution in [-0.4, -0.2) is 30.8 Å². The van der Waals surface area contributed by atoms with Crippen LogP contribution in [0.5, 0.6) is 0 Å². The second kappa shape index (κ2) is 12.3. The Kier molecular flexibility index (Phi) is 8.68. The van der Waals surface area contributed by atoms with E-state index in [9.17, 15) is 23.2 Å². The van der Waals surface area contributed by atoms with Crippen LogP contribution in [0.3, 0.4) is 0 Å². The SMILES string of the molecule is CNC(=O)[C@@H](NC(=O)c1ccc(-c2ccc(NC(=O)/C=C/c3ccc(F)cc3F)cc2)o1)C1CCCCC1. The van der Waals surface area contributed by atoms with Gasteiger partial charge in [0.2, 0.25) is 11.8 Å². The number of hydrogen-bond acceptors (Lipinski definition) is 4. The van der Waals surface area contributed by atoms with Gasteiger partial charge in [0, 0.05) is 36.0 Å². The fourth-order valence-corrected chi connectivity index (χ4v) is 4.55. The van der Waals surface area contributed by atoms with Crippen LogP contribution in [0.15, 0.2) is 65.1 Å². The highest BCUT2D eigenvalue weighted by Crippen LogP contribution is 2.28. The van der Waals surface area contributed by atoms with E-state index in [-0.39, 0.29) is 23.1 Å². The van der Waals surface area contributed by atoms with Gasteiger partial charge < -0.3 is 20.4 Å². The Morgan fingerprint density at radius 2 is 1.71 bits per heavy atom. The molecule has 2 aromatic carbocycles. The molecule has 3 N–H and O–H groups in total. The Morgan fingerprint density at radius 1 is 0.974 bits per heavy atom. The van der Waals surface area contributed by atoms with Crippen molar-refractivity contribution in [3.05, 3.63) is 83.6 Å². The van der Waals surface area contributed by atoms with E-state index >= 15 is 0 Å². The third-order valence-corrected chi connectivity index (χ3v) is 6.58. The first-order valence-corrected chi connectivity index (χ1v) is 12.5. The lowest BCUT2D eigenvalue weighted by Crippen LogP contribution is -2.50. The normalized spacial score (nSPS) is 14.7. The molecule has 1 fully saturated rings. The van der Waals surface area contributed by atoms with Gasteiger partial charge in [-0.15, -0.1) is 0 Å². The van der Waals surface area contributed by atoms with Crippen LogP contribution in [0, 0.1) is 17.6 Å². The molecule has 38 heavy (non-hydrogen) atoms. The Hall–Kier alpha value is -4.27. The average Bonchev–Trinajstić information content (AvgIpc) is 3.42. The molecule has 1 aromatic heterocycles. The fraction of sp³-hybridized carbons (Fsp3) is 0.276. The Bertz CT molecular complexity index is 1330. The van der Waals surface area contributed by atoms with Crippen LogP contribution in [0.4, 0.5) is 14.5 Å². The van der Waals surface area contributed by atoms with Gasteiger partial charge in [-0.2, -0.15) is 0 Å². The number of likely N-dealkylation sites (N-methyl/N-ethyl adjacent to an activating group) is 1. The summed E-state index contributed by atoms with van der Waals surface area (Å²) in [7, 11) is 1.56. The molecule has 0 radical (unpaired) electrons. The maximum atomic E-state index is 13.7. The molecule has 3 amide bonds. The summed E-state index contributed by atoms with van der Waals surface area (Å²) in [5.41, 5.74) is 1.27. The molecule has 0 bridgehead atoms. The largest absolute Gasteiger partial charge is 0.451 e. The van der Waals surface area contributed by atoms with Gasteiger partial charge in [0.15, 0.2) is 5.76 Å². The third kappa shape index (κ3) is 6.73. The summed E-state index contributed by atoms with van der Waals surface area (Å²) in [4.78, 5) is 37.5. The fourth-order valence-electron chi connectivity index (χ4n) is 4.55. The topological polar surface area (TPSA) is 100 Å². The van der Waals surface area contributed by atoms with Gasteiger partial charge in [-0.3, -0.25) is 14.4 Å². The van der Waals surface area contributed by atoms with Gasteiger partial charge in [0.25, 0.3) is 5.91 Å². The van der Waals surface area contributed by atoms with Crippen molar-refractivity contribution in [2.24, 2.45) is 5.92 Å². The van der Waals surface area contributed by atoms with Crippen LogP contribution in [0.2, 0.25) is 0 Å². The Balaban J connectivity index is 1.37. The van der Waals surface area contributed by atoms with Gasteiger partial charge in [-0.1, -0.05) is 19.3 Å². The first-order chi connectivity index (χ1) is 18.3. The van der Waals surface area contributed by atoms with Crippen molar-refractivity contribution in [2.75, 3.05) is 12.4 Å². The summed E-state index contributed by atoms with van der Waals surface area (Å²) in [6.45, 7) is 0. The number of carbonyl (C=O) groups is 3. The first kappa shape index (κ1) is 26.8. The van der Waals surface area contributed by atoms with Crippen molar-refractivity contribution >= 4 is 29.5 Å². The lowest BCUT2D eigenvalue weighted by atomic mass is 9.83. The number of furan rings is 1. The van der Waals surface area contributed by atoms with Gasteiger partial charge in [-0.05, 0) is 73.4 Å². The predicted octanol–water partition coefficient (Wildman–Crippen LogP) is 5.30.